The standard InChI is InChI=1S/C21H21ClN4O4/c1-13(2)8-9-26(21(30)25(3)12-23)19(27)15-5-7-18(24-11-15)16-10-14(20(28)29)4-6-17(16)22/h4-7,10-11,13H,8-9H2,1-3H3,(H,28,29). The first kappa shape index (κ1) is 22.8. The van der Waals surface area contributed by atoms with E-state index in [1.807, 2.05) is 13.8 Å². The first-order valence-corrected chi connectivity index (χ1v) is 9.52. The van der Waals surface area contributed by atoms with E-state index in [0.717, 1.165) is 9.80 Å². The fourth-order valence-corrected chi connectivity index (χ4v) is 2.80. The summed E-state index contributed by atoms with van der Waals surface area (Å²) < 4.78 is 0. The molecule has 156 valence electrons. The molecule has 30 heavy (non-hydrogen) atoms. The molecule has 3 amide bonds. The molecule has 0 bridgehead atoms. The second kappa shape index (κ2) is 9.85. The Labute approximate surface area is 179 Å². The quantitative estimate of drug-likeness (QED) is 0.546. The Morgan fingerprint density at radius 3 is 2.40 bits per heavy atom. The van der Waals surface area contributed by atoms with Crippen LogP contribution in [0.1, 0.15) is 41.0 Å². The average molecular weight is 429 g/mol. The number of imide groups is 1. The SMILES string of the molecule is CC(C)CCN(C(=O)c1ccc(-c2cc(C(=O)O)ccc2Cl)nc1)C(=O)N(C)C#N. The minimum atomic E-state index is -1.10. The molecule has 1 aromatic heterocycles. The zero-order valence-electron chi connectivity index (χ0n) is 16.8. The molecule has 0 aliphatic carbocycles. The smallest absolute Gasteiger partial charge is 0.339 e. The number of hydrogen-bond acceptors (Lipinski definition) is 5. The number of carboxylic acids is 1. The molecule has 1 N–H and O–H groups in total. The molecule has 0 atom stereocenters. The highest BCUT2D eigenvalue weighted by molar-refractivity contribution is 6.33. The Morgan fingerprint density at radius 1 is 1.20 bits per heavy atom. The van der Waals surface area contributed by atoms with Crippen LogP contribution in [0.2, 0.25) is 5.02 Å². The maximum atomic E-state index is 12.9. The van der Waals surface area contributed by atoms with Crippen molar-refractivity contribution >= 4 is 29.5 Å². The zero-order valence-corrected chi connectivity index (χ0v) is 17.6. The molecular formula is C21H21ClN4O4. The Bertz CT molecular complexity index is 999. The molecule has 0 aliphatic rings. The predicted molar refractivity (Wildman–Crippen MR) is 111 cm³/mol. The van der Waals surface area contributed by atoms with E-state index in [-0.39, 0.29) is 23.6 Å². The number of aromatic carboxylic acids is 1. The number of hydrogen-bond donors (Lipinski definition) is 1. The first-order valence-electron chi connectivity index (χ1n) is 9.14. The van der Waals surface area contributed by atoms with Gasteiger partial charge in [-0.05, 0) is 42.7 Å². The number of halogens is 1. The average Bonchev–Trinajstić information content (AvgIpc) is 2.73. The van der Waals surface area contributed by atoms with E-state index in [9.17, 15) is 14.4 Å². The third kappa shape index (κ3) is 5.33. The highest BCUT2D eigenvalue weighted by Crippen LogP contribution is 2.28. The van der Waals surface area contributed by atoms with Crippen molar-refractivity contribution in [2.45, 2.75) is 20.3 Å². The van der Waals surface area contributed by atoms with Crippen molar-refractivity contribution in [2.75, 3.05) is 13.6 Å². The van der Waals surface area contributed by atoms with Gasteiger partial charge in [0.25, 0.3) is 5.91 Å². The molecule has 0 radical (unpaired) electrons. The number of amides is 3. The number of aromatic nitrogens is 1. The van der Waals surface area contributed by atoms with Gasteiger partial charge in [0.05, 0.1) is 21.8 Å². The molecule has 0 saturated carbocycles. The van der Waals surface area contributed by atoms with Crippen molar-refractivity contribution < 1.29 is 19.5 Å². The Morgan fingerprint density at radius 2 is 1.87 bits per heavy atom. The van der Waals surface area contributed by atoms with Gasteiger partial charge in [0.1, 0.15) is 0 Å². The van der Waals surface area contributed by atoms with Gasteiger partial charge in [0, 0.05) is 25.4 Å². The largest absolute Gasteiger partial charge is 0.478 e. The van der Waals surface area contributed by atoms with Crippen molar-refractivity contribution in [2.24, 2.45) is 5.92 Å². The molecule has 0 unspecified atom stereocenters. The monoisotopic (exact) mass is 428 g/mol. The van der Waals surface area contributed by atoms with Gasteiger partial charge < -0.3 is 5.11 Å². The van der Waals surface area contributed by atoms with Crippen molar-refractivity contribution in [1.82, 2.24) is 14.8 Å². The van der Waals surface area contributed by atoms with E-state index in [4.69, 9.17) is 22.0 Å². The second-order valence-electron chi connectivity index (χ2n) is 7.01. The predicted octanol–water partition coefficient (Wildman–Crippen LogP) is 4.12. The molecule has 1 aromatic carbocycles. The van der Waals surface area contributed by atoms with E-state index in [1.165, 1.54) is 43.6 Å². The summed E-state index contributed by atoms with van der Waals surface area (Å²) in [6.07, 6.45) is 3.58. The number of carboxylic acid groups (broad SMARTS) is 1. The number of benzene rings is 1. The highest BCUT2D eigenvalue weighted by atomic mass is 35.5. The van der Waals surface area contributed by atoms with E-state index in [2.05, 4.69) is 4.98 Å². The van der Waals surface area contributed by atoms with E-state index in [0.29, 0.717) is 22.7 Å². The van der Waals surface area contributed by atoms with Gasteiger partial charge >= 0.3 is 12.0 Å². The van der Waals surface area contributed by atoms with Crippen LogP contribution in [0.4, 0.5) is 4.79 Å². The third-order valence-corrected chi connectivity index (χ3v) is 4.67. The topological polar surface area (TPSA) is 115 Å². The third-order valence-electron chi connectivity index (χ3n) is 4.34. The Hall–Kier alpha value is -3.44. The maximum Gasteiger partial charge on any atom is 0.339 e. The molecule has 8 nitrogen and oxygen atoms in total. The van der Waals surface area contributed by atoms with Gasteiger partial charge in [-0.25, -0.2) is 14.5 Å². The second-order valence-corrected chi connectivity index (χ2v) is 7.42. The summed E-state index contributed by atoms with van der Waals surface area (Å²) in [4.78, 5) is 42.6. The van der Waals surface area contributed by atoms with Crippen LogP contribution >= 0.6 is 11.6 Å². The Kier molecular flexibility index (Phi) is 7.50. The van der Waals surface area contributed by atoms with Crippen LogP contribution in [0.15, 0.2) is 36.5 Å². The molecule has 0 spiro atoms. The van der Waals surface area contributed by atoms with Gasteiger partial charge in [-0.1, -0.05) is 25.4 Å². The van der Waals surface area contributed by atoms with Crippen LogP contribution in [0.3, 0.4) is 0 Å². The lowest BCUT2D eigenvalue weighted by atomic mass is 10.1. The van der Waals surface area contributed by atoms with Crippen molar-refractivity contribution in [3.05, 3.63) is 52.7 Å². The lowest BCUT2D eigenvalue weighted by molar-refractivity contribution is 0.0695. The number of pyridine rings is 1. The molecule has 2 rings (SSSR count). The fraction of sp³-hybridized carbons (Fsp3) is 0.286. The highest BCUT2D eigenvalue weighted by Gasteiger charge is 2.26. The maximum absolute atomic E-state index is 12.9. The Balaban J connectivity index is 2.34. The van der Waals surface area contributed by atoms with Crippen LogP contribution in [-0.2, 0) is 0 Å². The van der Waals surface area contributed by atoms with Crippen molar-refractivity contribution in [1.29, 1.82) is 5.26 Å². The number of carbonyl (C=O) groups excluding carboxylic acids is 2. The minimum Gasteiger partial charge on any atom is -0.478 e. The zero-order chi connectivity index (χ0) is 22.4. The van der Waals surface area contributed by atoms with Crippen LogP contribution < -0.4 is 0 Å². The lowest BCUT2D eigenvalue weighted by Gasteiger charge is -2.23. The number of urea groups is 1. The summed E-state index contributed by atoms with van der Waals surface area (Å²) in [6.45, 7) is 4.09. The molecule has 0 fully saturated rings. The summed E-state index contributed by atoms with van der Waals surface area (Å²) in [5, 5.41) is 18.5. The molecular weight excluding hydrogens is 408 g/mol. The summed E-state index contributed by atoms with van der Waals surface area (Å²) in [7, 11) is 1.29. The van der Waals surface area contributed by atoms with Gasteiger partial charge in [-0.3, -0.25) is 14.7 Å². The lowest BCUT2D eigenvalue weighted by Crippen LogP contribution is -2.43. The summed E-state index contributed by atoms with van der Waals surface area (Å²) in [5.74, 6) is -1.42. The fourth-order valence-electron chi connectivity index (χ4n) is 2.59. The minimum absolute atomic E-state index is 0.0568. The summed E-state index contributed by atoms with van der Waals surface area (Å²) in [5.41, 5.74) is 1.01. The first-order chi connectivity index (χ1) is 14.1. The van der Waals surface area contributed by atoms with Gasteiger partial charge in [-0.15, -0.1) is 0 Å². The molecule has 2 aromatic rings. The van der Waals surface area contributed by atoms with E-state index in [1.54, 1.807) is 6.19 Å². The van der Waals surface area contributed by atoms with Crippen LogP contribution in [0.25, 0.3) is 11.3 Å². The summed E-state index contributed by atoms with van der Waals surface area (Å²) >= 11 is 6.16. The number of carbonyl (C=O) groups is 3. The van der Waals surface area contributed by atoms with Crippen molar-refractivity contribution in [3.8, 4) is 17.5 Å². The van der Waals surface area contributed by atoms with E-state index >= 15 is 0 Å². The summed E-state index contributed by atoms with van der Waals surface area (Å²) in [6, 6.07) is 6.54. The van der Waals surface area contributed by atoms with Gasteiger partial charge in [0.15, 0.2) is 6.19 Å². The number of nitriles is 1. The van der Waals surface area contributed by atoms with Crippen LogP contribution in [0.5, 0.6) is 0 Å². The van der Waals surface area contributed by atoms with Gasteiger partial charge in [-0.2, -0.15) is 5.26 Å². The van der Waals surface area contributed by atoms with Gasteiger partial charge in [0.2, 0.25) is 0 Å². The molecule has 9 heteroatoms. The van der Waals surface area contributed by atoms with Crippen molar-refractivity contribution in [3.63, 3.8) is 0 Å². The van der Waals surface area contributed by atoms with Crippen LogP contribution in [-0.4, -0.2) is 51.4 Å². The molecule has 0 saturated heterocycles. The number of nitrogens with zero attached hydrogens (tertiary/aromatic N) is 4. The number of rotatable bonds is 6. The van der Waals surface area contributed by atoms with E-state index < -0.39 is 17.9 Å². The molecule has 1 heterocycles. The molecule has 0 aliphatic heterocycles. The normalized spacial score (nSPS) is 10.4. The van der Waals surface area contributed by atoms with Crippen LogP contribution in [0, 0.1) is 17.4 Å².